The molecule has 0 aliphatic carbocycles. The van der Waals surface area contributed by atoms with E-state index in [-0.39, 0.29) is 23.8 Å². The number of anilines is 2. The van der Waals surface area contributed by atoms with Gasteiger partial charge in [0.1, 0.15) is 17.5 Å². The van der Waals surface area contributed by atoms with Crippen molar-refractivity contribution in [1.82, 2.24) is 9.97 Å². The van der Waals surface area contributed by atoms with E-state index in [1.165, 1.54) is 0 Å². The van der Waals surface area contributed by atoms with Crippen LogP contribution in [0, 0.1) is 6.92 Å². The van der Waals surface area contributed by atoms with Crippen LogP contribution in [0.4, 0.5) is 11.6 Å². The second-order valence-corrected chi connectivity index (χ2v) is 6.09. The van der Waals surface area contributed by atoms with Crippen molar-refractivity contribution in [2.45, 2.75) is 52.5 Å². The van der Waals surface area contributed by atoms with Crippen LogP contribution in [-0.2, 0) is 10.2 Å². The zero-order valence-corrected chi connectivity index (χ0v) is 13.2. The summed E-state index contributed by atoms with van der Waals surface area (Å²) in [6.45, 7) is 10.0. The van der Waals surface area contributed by atoms with Crippen molar-refractivity contribution in [3.05, 3.63) is 11.4 Å². The Kier molecular flexibility index (Phi) is 4.92. The Morgan fingerprint density at radius 3 is 2.30 bits per heavy atom. The smallest absolute Gasteiger partial charge is 0.219 e. The molecule has 0 fully saturated rings. The zero-order valence-electron chi connectivity index (χ0n) is 13.2. The van der Waals surface area contributed by atoms with Gasteiger partial charge in [-0.2, -0.15) is 0 Å². The highest BCUT2D eigenvalue weighted by molar-refractivity contribution is 5.75. The van der Waals surface area contributed by atoms with Gasteiger partial charge >= 0.3 is 0 Å². The molecule has 0 aromatic carbocycles. The standard InChI is InChI=1S/C14H25N5O/c1-8(7-10(15)20)17-12-9(2)11(16-6)18-13(19-12)14(3,4)5/h8H,7H2,1-6H3,(H2,15,20)(H2,16,17,18,19). The van der Waals surface area contributed by atoms with Crippen molar-refractivity contribution in [1.29, 1.82) is 0 Å². The molecule has 0 aliphatic rings. The second kappa shape index (κ2) is 6.07. The molecule has 20 heavy (non-hydrogen) atoms. The van der Waals surface area contributed by atoms with Gasteiger partial charge in [0.15, 0.2) is 0 Å². The molecule has 0 spiro atoms. The fourth-order valence-electron chi connectivity index (χ4n) is 1.82. The van der Waals surface area contributed by atoms with Crippen molar-refractivity contribution in [3.63, 3.8) is 0 Å². The highest BCUT2D eigenvalue weighted by atomic mass is 16.1. The molecule has 1 rings (SSSR count). The van der Waals surface area contributed by atoms with Crippen LogP contribution in [-0.4, -0.2) is 29.0 Å². The van der Waals surface area contributed by atoms with E-state index in [1.807, 2.05) is 20.9 Å². The van der Waals surface area contributed by atoms with Gasteiger partial charge in [-0.1, -0.05) is 20.8 Å². The van der Waals surface area contributed by atoms with Crippen LogP contribution >= 0.6 is 0 Å². The lowest BCUT2D eigenvalue weighted by atomic mass is 9.95. The van der Waals surface area contributed by atoms with Crippen molar-refractivity contribution in [3.8, 4) is 0 Å². The van der Waals surface area contributed by atoms with E-state index in [4.69, 9.17) is 5.73 Å². The zero-order chi connectivity index (χ0) is 15.5. The number of primary amides is 1. The lowest BCUT2D eigenvalue weighted by Gasteiger charge is -2.22. The molecule has 0 bridgehead atoms. The van der Waals surface area contributed by atoms with Gasteiger partial charge in [-0.3, -0.25) is 4.79 Å². The summed E-state index contributed by atoms with van der Waals surface area (Å²) in [5.74, 6) is 1.95. The summed E-state index contributed by atoms with van der Waals surface area (Å²) in [4.78, 5) is 20.1. The molecular formula is C14H25N5O. The molecule has 0 saturated carbocycles. The number of nitrogens with one attached hydrogen (secondary N) is 2. The van der Waals surface area contributed by atoms with E-state index >= 15 is 0 Å². The number of hydrogen-bond acceptors (Lipinski definition) is 5. The lowest BCUT2D eigenvalue weighted by molar-refractivity contribution is -0.118. The van der Waals surface area contributed by atoms with Gasteiger partial charge in [-0.15, -0.1) is 0 Å². The van der Waals surface area contributed by atoms with Gasteiger partial charge in [0.2, 0.25) is 5.91 Å². The Labute approximate surface area is 120 Å². The predicted octanol–water partition coefficient (Wildman–Crippen LogP) is 1.80. The predicted molar refractivity (Wildman–Crippen MR) is 81.9 cm³/mol. The Hall–Kier alpha value is -1.85. The maximum Gasteiger partial charge on any atom is 0.219 e. The highest BCUT2D eigenvalue weighted by Gasteiger charge is 2.21. The first-order valence-corrected chi connectivity index (χ1v) is 6.77. The summed E-state index contributed by atoms with van der Waals surface area (Å²) in [5, 5.41) is 6.32. The van der Waals surface area contributed by atoms with Crippen molar-refractivity contribution in [2.24, 2.45) is 5.73 Å². The molecule has 1 heterocycles. The molecule has 1 aromatic heterocycles. The van der Waals surface area contributed by atoms with Crippen molar-refractivity contribution < 1.29 is 4.79 Å². The van der Waals surface area contributed by atoms with Crippen LogP contribution in [0.25, 0.3) is 0 Å². The summed E-state index contributed by atoms with van der Waals surface area (Å²) in [6, 6.07) is -0.0707. The van der Waals surface area contributed by atoms with E-state index < -0.39 is 0 Å². The Bertz CT molecular complexity index is 493. The van der Waals surface area contributed by atoms with Gasteiger partial charge in [0.05, 0.1) is 0 Å². The molecular weight excluding hydrogens is 254 g/mol. The normalized spacial score (nSPS) is 12.9. The molecule has 1 atom stereocenters. The van der Waals surface area contributed by atoms with Crippen LogP contribution in [0.2, 0.25) is 0 Å². The van der Waals surface area contributed by atoms with Crippen molar-refractivity contribution in [2.75, 3.05) is 17.7 Å². The van der Waals surface area contributed by atoms with Gasteiger partial charge < -0.3 is 16.4 Å². The van der Waals surface area contributed by atoms with Gasteiger partial charge in [0, 0.05) is 30.5 Å². The number of nitrogens with zero attached hydrogens (tertiary/aromatic N) is 2. The Morgan fingerprint density at radius 2 is 1.85 bits per heavy atom. The number of hydrogen-bond donors (Lipinski definition) is 3. The third-order valence-corrected chi connectivity index (χ3v) is 2.94. The molecule has 112 valence electrons. The third kappa shape index (κ3) is 4.08. The summed E-state index contributed by atoms with van der Waals surface area (Å²) < 4.78 is 0. The monoisotopic (exact) mass is 279 g/mol. The summed E-state index contributed by atoms with van der Waals surface area (Å²) in [5.41, 5.74) is 5.99. The number of amides is 1. The van der Waals surface area contributed by atoms with Crippen molar-refractivity contribution >= 4 is 17.5 Å². The van der Waals surface area contributed by atoms with E-state index in [0.29, 0.717) is 0 Å². The van der Waals surface area contributed by atoms with Gasteiger partial charge in [0.25, 0.3) is 0 Å². The number of nitrogens with two attached hydrogens (primary N) is 1. The first-order valence-electron chi connectivity index (χ1n) is 6.77. The van der Waals surface area contributed by atoms with E-state index in [0.717, 1.165) is 23.0 Å². The summed E-state index contributed by atoms with van der Waals surface area (Å²) in [6.07, 6.45) is 0.267. The van der Waals surface area contributed by atoms with E-state index in [1.54, 1.807) is 0 Å². The van der Waals surface area contributed by atoms with Crippen LogP contribution in [0.15, 0.2) is 0 Å². The highest BCUT2D eigenvalue weighted by Crippen LogP contribution is 2.26. The topological polar surface area (TPSA) is 92.9 Å². The summed E-state index contributed by atoms with van der Waals surface area (Å²) >= 11 is 0. The molecule has 6 heteroatoms. The molecule has 4 N–H and O–H groups in total. The minimum absolute atomic E-state index is 0.0707. The average molecular weight is 279 g/mol. The molecule has 1 unspecified atom stereocenters. The van der Waals surface area contributed by atoms with Gasteiger partial charge in [-0.25, -0.2) is 9.97 Å². The average Bonchev–Trinajstić information content (AvgIpc) is 2.29. The first-order chi connectivity index (χ1) is 9.15. The summed E-state index contributed by atoms with van der Waals surface area (Å²) in [7, 11) is 1.83. The molecule has 0 saturated heterocycles. The maximum atomic E-state index is 11.0. The number of aromatic nitrogens is 2. The van der Waals surface area contributed by atoms with E-state index in [9.17, 15) is 4.79 Å². The second-order valence-electron chi connectivity index (χ2n) is 6.09. The number of rotatable bonds is 5. The fraction of sp³-hybridized carbons (Fsp3) is 0.643. The Morgan fingerprint density at radius 1 is 1.30 bits per heavy atom. The van der Waals surface area contributed by atoms with Gasteiger partial charge in [-0.05, 0) is 13.8 Å². The van der Waals surface area contributed by atoms with E-state index in [2.05, 4.69) is 41.4 Å². The largest absolute Gasteiger partial charge is 0.373 e. The first kappa shape index (κ1) is 16.2. The molecule has 6 nitrogen and oxygen atoms in total. The number of carbonyl (C=O) groups excluding carboxylic acids is 1. The minimum Gasteiger partial charge on any atom is -0.373 e. The lowest BCUT2D eigenvalue weighted by Crippen LogP contribution is -2.26. The molecule has 0 radical (unpaired) electrons. The minimum atomic E-state index is -0.332. The molecule has 1 aromatic rings. The Balaban J connectivity index is 3.14. The van der Waals surface area contributed by atoms with Crippen LogP contribution in [0.1, 0.15) is 45.5 Å². The van der Waals surface area contributed by atoms with Crippen LogP contribution in [0.5, 0.6) is 0 Å². The van der Waals surface area contributed by atoms with Crippen LogP contribution in [0.3, 0.4) is 0 Å². The fourth-order valence-corrected chi connectivity index (χ4v) is 1.82. The quantitative estimate of drug-likeness (QED) is 0.764. The SMILES string of the molecule is CNc1nc(C(C)(C)C)nc(NC(C)CC(N)=O)c1C. The molecule has 0 aliphatic heterocycles. The third-order valence-electron chi connectivity index (χ3n) is 2.94. The number of carbonyl (C=O) groups is 1. The maximum absolute atomic E-state index is 11.0. The van der Waals surface area contributed by atoms with Crippen LogP contribution < -0.4 is 16.4 Å². The molecule has 1 amide bonds.